The molecule has 94 valence electrons. The summed E-state index contributed by atoms with van der Waals surface area (Å²) in [5.74, 6) is 0. The van der Waals surface area contributed by atoms with E-state index >= 15 is 0 Å². The third kappa shape index (κ3) is 3.38. The van der Waals surface area contributed by atoms with Crippen LogP contribution in [0.5, 0.6) is 0 Å². The van der Waals surface area contributed by atoms with Crippen LogP contribution >= 0.6 is 34.5 Å². The van der Waals surface area contributed by atoms with Crippen molar-refractivity contribution >= 4 is 51.3 Å². The summed E-state index contributed by atoms with van der Waals surface area (Å²) in [6.07, 6.45) is 0. The van der Waals surface area contributed by atoms with Gasteiger partial charge in [-0.1, -0.05) is 23.2 Å². The van der Waals surface area contributed by atoms with E-state index in [9.17, 15) is 4.79 Å². The lowest BCUT2D eigenvalue weighted by Crippen LogP contribution is -2.18. The summed E-state index contributed by atoms with van der Waals surface area (Å²) >= 11 is 13.1. The molecule has 0 spiro atoms. The number of benzene rings is 1. The highest BCUT2D eigenvalue weighted by atomic mass is 35.5. The Bertz CT molecular complexity index is 583. The van der Waals surface area contributed by atoms with Crippen molar-refractivity contribution in [2.75, 3.05) is 10.6 Å². The van der Waals surface area contributed by atoms with Gasteiger partial charge in [-0.05, 0) is 42.1 Å². The molecule has 2 N–H and O–H groups in total. The van der Waals surface area contributed by atoms with Gasteiger partial charge in [0, 0.05) is 5.69 Å². The van der Waals surface area contributed by atoms with E-state index in [0.29, 0.717) is 15.7 Å². The number of halogens is 2. The molecule has 2 rings (SSSR count). The highest BCUT2D eigenvalue weighted by Gasteiger charge is 2.05. The van der Waals surface area contributed by atoms with Crippen molar-refractivity contribution in [2.24, 2.45) is 0 Å². The molecule has 0 bridgehead atoms. The minimum Gasteiger partial charge on any atom is -0.308 e. The van der Waals surface area contributed by atoms with Crippen LogP contribution < -0.4 is 10.6 Å². The van der Waals surface area contributed by atoms with E-state index in [-0.39, 0.29) is 6.03 Å². The molecule has 3 nitrogen and oxygen atoms in total. The molecule has 0 unspecified atom stereocenters. The van der Waals surface area contributed by atoms with E-state index in [0.717, 1.165) is 10.6 Å². The lowest BCUT2D eigenvalue weighted by atomic mass is 10.3. The molecular weight excluding hydrogens is 291 g/mol. The lowest BCUT2D eigenvalue weighted by molar-refractivity contribution is 0.262. The second kappa shape index (κ2) is 5.61. The maximum atomic E-state index is 11.7. The normalized spacial score (nSPS) is 10.2. The first-order valence-corrected chi connectivity index (χ1v) is 6.76. The van der Waals surface area contributed by atoms with Crippen LogP contribution in [0.1, 0.15) is 5.56 Å². The Balaban J connectivity index is 2.00. The number of urea groups is 1. The fraction of sp³-hybridized carbons (Fsp3) is 0.0833. The monoisotopic (exact) mass is 300 g/mol. The van der Waals surface area contributed by atoms with Crippen LogP contribution in [0.2, 0.25) is 10.0 Å². The Labute approximate surface area is 119 Å². The smallest absolute Gasteiger partial charge is 0.308 e. The Morgan fingerprint density at radius 3 is 2.56 bits per heavy atom. The number of hydrogen-bond acceptors (Lipinski definition) is 2. The van der Waals surface area contributed by atoms with Crippen molar-refractivity contribution in [3.8, 4) is 0 Å². The Morgan fingerprint density at radius 1 is 1.17 bits per heavy atom. The molecule has 0 saturated carbocycles. The molecule has 2 amide bonds. The van der Waals surface area contributed by atoms with Crippen LogP contribution in [0.25, 0.3) is 0 Å². The number of anilines is 2. The van der Waals surface area contributed by atoms with Gasteiger partial charge < -0.3 is 5.32 Å². The molecule has 0 saturated heterocycles. The van der Waals surface area contributed by atoms with Gasteiger partial charge in [0.2, 0.25) is 0 Å². The van der Waals surface area contributed by atoms with Crippen molar-refractivity contribution in [1.82, 2.24) is 0 Å². The fourth-order valence-corrected chi connectivity index (χ4v) is 2.43. The van der Waals surface area contributed by atoms with Gasteiger partial charge in [-0.2, -0.15) is 0 Å². The maximum absolute atomic E-state index is 11.7. The topological polar surface area (TPSA) is 41.1 Å². The zero-order valence-corrected chi connectivity index (χ0v) is 11.8. The fourth-order valence-electron chi connectivity index (χ4n) is 1.34. The molecule has 0 radical (unpaired) electrons. The van der Waals surface area contributed by atoms with E-state index in [1.807, 2.05) is 18.4 Å². The van der Waals surface area contributed by atoms with Crippen LogP contribution in [0.15, 0.2) is 29.6 Å². The van der Waals surface area contributed by atoms with E-state index in [2.05, 4.69) is 10.6 Å². The summed E-state index contributed by atoms with van der Waals surface area (Å²) in [6.45, 7) is 1.97. The number of nitrogens with one attached hydrogen (secondary N) is 2. The maximum Gasteiger partial charge on any atom is 0.324 e. The predicted molar refractivity (Wildman–Crippen MR) is 78.2 cm³/mol. The summed E-state index contributed by atoms with van der Waals surface area (Å²) in [6, 6.07) is 6.51. The van der Waals surface area contributed by atoms with Crippen LogP contribution in [0.3, 0.4) is 0 Å². The number of hydrogen-bond donors (Lipinski definition) is 2. The molecule has 6 heteroatoms. The lowest BCUT2D eigenvalue weighted by Gasteiger charge is -2.06. The molecule has 0 fully saturated rings. The second-order valence-electron chi connectivity index (χ2n) is 3.70. The Hall–Kier alpha value is -1.23. The van der Waals surface area contributed by atoms with Crippen molar-refractivity contribution < 1.29 is 4.79 Å². The molecule has 1 aromatic heterocycles. The standard InChI is InChI=1S/C12H10Cl2N2OS/c1-7-4-11(18-6-7)16-12(17)15-8-2-3-9(13)10(14)5-8/h2-6H,1H3,(H2,15,16,17). The zero-order valence-electron chi connectivity index (χ0n) is 9.46. The summed E-state index contributed by atoms with van der Waals surface area (Å²) < 4.78 is 0. The molecule has 0 aliphatic carbocycles. The highest BCUT2D eigenvalue weighted by Crippen LogP contribution is 2.25. The number of thiophene rings is 1. The quantitative estimate of drug-likeness (QED) is 0.804. The number of rotatable bonds is 2. The average Bonchev–Trinajstić information content (AvgIpc) is 2.69. The van der Waals surface area contributed by atoms with Crippen LogP contribution in [-0.4, -0.2) is 6.03 Å². The summed E-state index contributed by atoms with van der Waals surface area (Å²) in [4.78, 5) is 11.7. The van der Waals surface area contributed by atoms with Gasteiger partial charge in [-0.15, -0.1) is 11.3 Å². The number of carbonyl (C=O) groups excluding carboxylic acids is 1. The summed E-state index contributed by atoms with van der Waals surface area (Å²) in [5, 5.41) is 9.04. The number of amides is 2. The Kier molecular flexibility index (Phi) is 4.11. The van der Waals surface area contributed by atoms with Crippen LogP contribution in [0, 0.1) is 6.92 Å². The van der Waals surface area contributed by atoms with Crippen LogP contribution in [-0.2, 0) is 0 Å². The van der Waals surface area contributed by atoms with Crippen molar-refractivity contribution in [3.63, 3.8) is 0 Å². The van der Waals surface area contributed by atoms with Crippen molar-refractivity contribution in [3.05, 3.63) is 45.3 Å². The highest BCUT2D eigenvalue weighted by molar-refractivity contribution is 7.14. The van der Waals surface area contributed by atoms with Crippen molar-refractivity contribution in [1.29, 1.82) is 0 Å². The average molecular weight is 301 g/mol. The first-order chi connectivity index (χ1) is 8.54. The SMILES string of the molecule is Cc1csc(NC(=O)Nc2ccc(Cl)c(Cl)c2)c1. The van der Waals surface area contributed by atoms with Gasteiger partial charge in [0.15, 0.2) is 0 Å². The first-order valence-electron chi connectivity index (χ1n) is 5.13. The summed E-state index contributed by atoms with van der Waals surface area (Å²) in [5.41, 5.74) is 1.71. The molecule has 18 heavy (non-hydrogen) atoms. The molecule has 0 atom stereocenters. The largest absolute Gasteiger partial charge is 0.324 e. The van der Waals surface area contributed by atoms with Gasteiger partial charge in [0.1, 0.15) is 0 Å². The molecule has 2 aromatic rings. The summed E-state index contributed by atoms with van der Waals surface area (Å²) in [7, 11) is 0. The molecule has 0 aliphatic rings. The van der Waals surface area contributed by atoms with Crippen LogP contribution in [0.4, 0.5) is 15.5 Å². The number of aryl methyl sites for hydroxylation is 1. The zero-order chi connectivity index (χ0) is 13.1. The molecular formula is C12H10Cl2N2OS. The Morgan fingerprint density at radius 2 is 1.94 bits per heavy atom. The van der Waals surface area contributed by atoms with Gasteiger partial charge in [0.05, 0.1) is 15.0 Å². The third-order valence-electron chi connectivity index (χ3n) is 2.14. The molecule has 0 aliphatic heterocycles. The van der Waals surface area contributed by atoms with Gasteiger partial charge in [0.25, 0.3) is 0 Å². The van der Waals surface area contributed by atoms with Gasteiger partial charge in [-0.25, -0.2) is 4.79 Å². The van der Waals surface area contributed by atoms with E-state index < -0.39 is 0 Å². The third-order valence-corrected chi connectivity index (χ3v) is 3.85. The minimum atomic E-state index is -0.310. The van der Waals surface area contributed by atoms with Gasteiger partial charge in [-0.3, -0.25) is 5.32 Å². The molecule has 1 heterocycles. The first kappa shape index (κ1) is 13.2. The van der Waals surface area contributed by atoms with E-state index in [1.165, 1.54) is 11.3 Å². The number of carbonyl (C=O) groups is 1. The van der Waals surface area contributed by atoms with Gasteiger partial charge >= 0.3 is 6.03 Å². The minimum absolute atomic E-state index is 0.310. The van der Waals surface area contributed by atoms with E-state index in [1.54, 1.807) is 18.2 Å². The van der Waals surface area contributed by atoms with Crippen molar-refractivity contribution in [2.45, 2.75) is 6.92 Å². The molecule has 1 aromatic carbocycles. The second-order valence-corrected chi connectivity index (χ2v) is 5.42. The van der Waals surface area contributed by atoms with E-state index in [4.69, 9.17) is 23.2 Å². The predicted octanol–water partition coefficient (Wildman–Crippen LogP) is 5.01.